The zero-order valence-corrected chi connectivity index (χ0v) is 19.3. The molecule has 2 N–H and O–H groups in total. The van der Waals surface area contributed by atoms with Crippen molar-refractivity contribution >= 4 is 12.0 Å². The number of benzene rings is 2. The van der Waals surface area contributed by atoms with Crippen molar-refractivity contribution in [3.63, 3.8) is 0 Å². The van der Waals surface area contributed by atoms with Gasteiger partial charge in [0.1, 0.15) is 5.82 Å². The summed E-state index contributed by atoms with van der Waals surface area (Å²) in [6.45, 7) is -0.314. The molecule has 2 aromatic carbocycles. The molecule has 0 saturated carbocycles. The van der Waals surface area contributed by atoms with E-state index in [0.717, 1.165) is 24.8 Å². The Bertz CT molecular complexity index is 970. The van der Waals surface area contributed by atoms with E-state index in [1.807, 2.05) is 0 Å². The molecule has 34 heavy (non-hydrogen) atoms. The second-order valence-corrected chi connectivity index (χ2v) is 8.08. The van der Waals surface area contributed by atoms with Crippen molar-refractivity contribution in [2.45, 2.75) is 44.9 Å². The third-order valence-corrected chi connectivity index (χ3v) is 5.58. The summed E-state index contributed by atoms with van der Waals surface area (Å²) in [5.74, 6) is -0.260. The normalized spacial score (nSPS) is 17.9. The van der Waals surface area contributed by atoms with E-state index in [1.54, 1.807) is 49.2 Å². The van der Waals surface area contributed by atoms with Crippen molar-refractivity contribution in [1.82, 2.24) is 15.8 Å². The molecule has 1 saturated heterocycles. The van der Waals surface area contributed by atoms with Crippen molar-refractivity contribution in [2.75, 3.05) is 20.2 Å². The molecule has 0 radical (unpaired) electrons. The van der Waals surface area contributed by atoms with Gasteiger partial charge in [-0.15, -0.1) is 0 Å². The molecule has 1 amide bonds. The lowest BCUT2D eigenvalue weighted by Crippen LogP contribution is -2.32. The first-order chi connectivity index (χ1) is 16.4. The average molecular weight is 478 g/mol. The van der Waals surface area contributed by atoms with Gasteiger partial charge in [-0.25, -0.2) is 4.39 Å². The molecule has 1 aliphatic heterocycles. The minimum absolute atomic E-state index is 0.0471. The predicted octanol–water partition coefficient (Wildman–Crippen LogP) is 4.69. The fraction of sp³-hybridized carbons (Fsp3) is 0.400. The van der Waals surface area contributed by atoms with Crippen LogP contribution in [0, 0.1) is 5.82 Å². The Kier molecular flexibility index (Phi) is 9.35. The van der Waals surface area contributed by atoms with Gasteiger partial charge in [0.15, 0.2) is 11.5 Å². The number of rotatable bonds is 11. The standard InChI is InChI=1S/C25H30F3N3O3/c1-3-33-23-15-17(6-12-22(23)34-25(27)28)7-13-24(32)31(2)14-4-5-20-16-21(30-29-20)18-8-10-19(26)11-9-18/h6-13,15,20-21,25,29-30H,3-5,14,16H2,1-2H3/b13-7+. The van der Waals surface area contributed by atoms with Crippen molar-refractivity contribution in [2.24, 2.45) is 0 Å². The number of nitrogens with zero attached hydrogens (tertiary/aromatic N) is 1. The number of hydrazine groups is 1. The number of alkyl halides is 2. The van der Waals surface area contributed by atoms with Crippen LogP contribution < -0.4 is 20.3 Å². The highest BCUT2D eigenvalue weighted by molar-refractivity contribution is 5.91. The number of hydrogen-bond donors (Lipinski definition) is 2. The van der Waals surface area contributed by atoms with E-state index < -0.39 is 6.61 Å². The molecule has 1 fully saturated rings. The zero-order chi connectivity index (χ0) is 24.5. The molecule has 1 aliphatic rings. The summed E-state index contributed by atoms with van der Waals surface area (Å²) in [6.07, 6.45) is 5.65. The van der Waals surface area contributed by atoms with Crippen LogP contribution in [-0.2, 0) is 4.79 Å². The lowest BCUT2D eigenvalue weighted by Gasteiger charge is -2.16. The number of amides is 1. The van der Waals surface area contributed by atoms with E-state index in [0.29, 0.717) is 18.7 Å². The number of nitrogens with one attached hydrogen (secondary N) is 2. The first kappa shape index (κ1) is 25.6. The smallest absolute Gasteiger partial charge is 0.387 e. The van der Waals surface area contributed by atoms with Crippen LogP contribution in [0.15, 0.2) is 48.5 Å². The maximum Gasteiger partial charge on any atom is 0.387 e. The molecule has 2 aromatic rings. The molecule has 1 heterocycles. The molecule has 6 nitrogen and oxygen atoms in total. The Morgan fingerprint density at radius 3 is 2.65 bits per heavy atom. The molecule has 9 heteroatoms. The molecular weight excluding hydrogens is 447 g/mol. The summed E-state index contributed by atoms with van der Waals surface area (Å²) in [5.41, 5.74) is 8.19. The molecule has 0 aliphatic carbocycles. The second kappa shape index (κ2) is 12.4. The Morgan fingerprint density at radius 1 is 1.18 bits per heavy atom. The number of likely N-dealkylation sites (N-methyl/N-ethyl adjacent to an activating group) is 1. The van der Waals surface area contributed by atoms with E-state index >= 15 is 0 Å². The fourth-order valence-corrected chi connectivity index (χ4v) is 3.80. The highest BCUT2D eigenvalue weighted by atomic mass is 19.3. The van der Waals surface area contributed by atoms with E-state index in [1.165, 1.54) is 24.3 Å². The summed E-state index contributed by atoms with van der Waals surface area (Å²) in [7, 11) is 1.74. The van der Waals surface area contributed by atoms with Gasteiger partial charge < -0.3 is 14.4 Å². The summed E-state index contributed by atoms with van der Waals surface area (Å²) in [6, 6.07) is 11.4. The minimum Gasteiger partial charge on any atom is -0.490 e. The van der Waals surface area contributed by atoms with Crippen molar-refractivity contribution in [1.29, 1.82) is 0 Å². The quantitative estimate of drug-likeness (QED) is 0.460. The van der Waals surface area contributed by atoms with Gasteiger partial charge in [0.25, 0.3) is 0 Å². The highest BCUT2D eigenvalue weighted by Crippen LogP contribution is 2.30. The molecule has 0 bridgehead atoms. The maximum absolute atomic E-state index is 13.1. The van der Waals surface area contributed by atoms with Crippen LogP contribution in [0.2, 0.25) is 0 Å². The van der Waals surface area contributed by atoms with Gasteiger partial charge in [-0.2, -0.15) is 8.78 Å². The van der Waals surface area contributed by atoms with Crippen LogP contribution >= 0.6 is 0 Å². The summed E-state index contributed by atoms with van der Waals surface area (Å²) >= 11 is 0. The monoisotopic (exact) mass is 477 g/mol. The number of ether oxygens (including phenoxy) is 2. The van der Waals surface area contributed by atoms with Crippen LogP contribution in [-0.4, -0.2) is 43.7 Å². The summed E-state index contributed by atoms with van der Waals surface area (Å²) in [4.78, 5) is 14.1. The maximum atomic E-state index is 13.1. The van der Waals surface area contributed by atoms with Crippen LogP contribution in [0.3, 0.4) is 0 Å². The van der Waals surface area contributed by atoms with Crippen molar-refractivity contribution in [3.8, 4) is 11.5 Å². The molecule has 2 atom stereocenters. The van der Waals surface area contributed by atoms with Gasteiger partial charge in [0.05, 0.1) is 6.61 Å². The first-order valence-electron chi connectivity index (χ1n) is 11.3. The lowest BCUT2D eigenvalue weighted by molar-refractivity contribution is -0.124. The number of carbonyl (C=O) groups excluding carboxylic acids is 1. The molecule has 3 rings (SSSR count). The van der Waals surface area contributed by atoms with Crippen LogP contribution in [0.5, 0.6) is 11.5 Å². The summed E-state index contributed by atoms with van der Waals surface area (Å²) in [5, 5.41) is 0. The average Bonchev–Trinajstić information content (AvgIpc) is 3.28. The Morgan fingerprint density at radius 2 is 1.94 bits per heavy atom. The van der Waals surface area contributed by atoms with E-state index in [9.17, 15) is 18.0 Å². The molecule has 0 spiro atoms. The summed E-state index contributed by atoms with van der Waals surface area (Å²) < 4.78 is 48.0. The van der Waals surface area contributed by atoms with E-state index in [2.05, 4.69) is 15.6 Å². The Balaban J connectivity index is 1.45. The van der Waals surface area contributed by atoms with Crippen LogP contribution in [0.25, 0.3) is 6.08 Å². The Hall–Kier alpha value is -3.04. The molecule has 2 unspecified atom stereocenters. The number of hydrogen-bond acceptors (Lipinski definition) is 5. The third-order valence-electron chi connectivity index (χ3n) is 5.58. The minimum atomic E-state index is -2.94. The van der Waals surface area contributed by atoms with Crippen molar-refractivity contribution in [3.05, 3.63) is 65.5 Å². The van der Waals surface area contributed by atoms with Crippen LogP contribution in [0.1, 0.15) is 43.4 Å². The Labute approximate surface area is 197 Å². The van der Waals surface area contributed by atoms with Gasteiger partial charge in [0, 0.05) is 31.8 Å². The lowest BCUT2D eigenvalue weighted by atomic mass is 9.99. The zero-order valence-electron chi connectivity index (χ0n) is 19.3. The van der Waals surface area contributed by atoms with Gasteiger partial charge in [-0.3, -0.25) is 15.6 Å². The van der Waals surface area contributed by atoms with Crippen molar-refractivity contribution < 1.29 is 27.4 Å². The van der Waals surface area contributed by atoms with E-state index in [4.69, 9.17) is 4.74 Å². The van der Waals surface area contributed by atoms with E-state index in [-0.39, 0.29) is 35.3 Å². The number of halogens is 3. The largest absolute Gasteiger partial charge is 0.490 e. The van der Waals surface area contributed by atoms with Gasteiger partial charge >= 0.3 is 6.61 Å². The fourth-order valence-electron chi connectivity index (χ4n) is 3.80. The second-order valence-electron chi connectivity index (χ2n) is 8.08. The van der Waals surface area contributed by atoms with Gasteiger partial charge in [0.2, 0.25) is 5.91 Å². The SMILES string of the molecule is CCOc1cc(/C=C/C(=O)N(C)CCCC2CC(c3ccc(F)cc3)NN2)ccc1OC(F)F. The van der Waals surface area contributed by atoms with Gasteiger partial charge in [-0.1, -0.05) is 18.2 Å². The predicted molar refractivity (Wildman–Crippen MR) is 124 cm³/mol. The topological polar surface area (TPSA) is 62.8 Å². The molecular formula is C25H30F3N3O3. The van der Waals surface area contributed by atoms with Crippen LogP contribution in [0.4, 0.5) is 13.2 Å². The third kappa shape index (κ3) is 7.50. The van der Waals surface area contributed by atoms with Gasteiger partial charge in [-0.05, 0) is 67.7 Å². The highest BCUT2D eigenvalue weighted by Gasteiger charge is 2.24. The first-order valence-corrected chi connectivity index (χ1v) is 11.3. The number of carbonyl (C=O) groups is 1. The molecule has 184 valence electrons. The molecule has 0 aromatic heterocycles.